The van der Waals surface area contributed by atoms with E-state index in [-0.39, 0.29) is 5.41 Å². The van der Waals surface area contributed by atoms with Gasteiger partial charge in [0.25, 0.3) is 0 Å². The SMILES string of the molecule is CC1(C)c2ccccc2-c2ccc(-c3ccc4ccc5ccc(-c6ccc(-c7ncc(-c8cccc9ncccc89)cn7)cc6)nc5c4n3)cc21. The Morgan fingerprint density at radius 2 is 1.08 bits per heavy atom. The summed E-state index contributed by atoms with van der Waals surface area (Å²) in [5, 5.41) is 3.22. The second kappa shape index (κ2) is 11.2. The number of hydrogen-bond acceptors (Lipinski definition) is 5. The van der Waals surface area contributed by atoms with Crippen LogP contribution in [0.25, 0.3) is 88.9 Å². The van der Waals surface area contributed by atoms with Crippen LogP contribution in [0.5, 0.6) is 0 Å². The van der Waals surface area contributed by atoms with Crippen molar-refractivity contribution in [2.45, 2.75) is 19.3 Å². The number of rotatable bonds is 4. The predicted octanol–water partition coefficient (Wildman–Crippen LogP) is 11.1. The fourth-order valence-electron chi connectivity index (χ4n) is 7.71. The van der Waals surface area contributed by atoms with Gasteiger partial charge in [0, 0.05) is 62.4 Å². The van der Waals surface area contributed by atoms with E-state index in [2.05, 4.69) is 134 Å². The normalized spacial score (nSPS) is 13.1. The van der Waals surface area contributed by atoms with Gasteiger partial charge in [0.1, 0.15) is 0 Å². The van der Waals surface area contributed by atoms with Crippen LogP contribution in [0.2, 0.25) is 0 Å². The van der Waals surface area contributed by atoms with Crippen molar-refractivity contribution in [1.82, 2.24) is 24.9 Å². The summed E-state index contributed by atoms with van der Waals surface area (Å²) >= 11 is 0. The Morgan fingerprint density at radius 1 is 0.451 bits per heavy atom. The Bertz CT molecular complexity index is 2820. The van der Waals surface area contributed by atoms with Gasteiger partial charge >= 0.3 is 0 Å². The second-order valence-electron chi connectivity index (χ2n) is 13.8. The first-order valence-corrected chi connectivity index (χ1v) is 17.2. The van der Waals surface area contributed by atoms with Crippen molar-refractivity contribution < 1.29 is 0 Å². The minimum Gasteiger partial charge on any atom is -0.256 e. The molecule has 4 aromatic heterocycles. The quantitative estimate of drug-likeness (QED) is 0.177. The number of benzene rings is 5. The monoisotopic (exact) mass is 653 g/mol. The highest BCUT2D eigenvalue weighted by Crippen LogP contribution is 2.49. The number of fused-ring (bicyclic) bond motifs is 7. The van der Waals surface area contributed by atoms with Gasteiger partial charge in [0.05, 0.1) is 27.9 Å². The van der Waals surface area contributed by atoms with Gasteiger partial charge in [0.2, 0.25) is 0 Å². The Morgan fingerprint density at radius 3 is 1.84 bits per heavy atom. The van der Waals surface area contributed by atoms with E-state index in [1.165, 1.54) is 22.3 Å². The van der Waals surface area contributed by atoms with Gasteiger partial charge in [-0.15, -0.1) is 0 Å². The summed E-state index contributed by atoms with van der Waals surface area (Å²) in [4.78, 5) is 24.4. The van der Waals surface area contributed by atoms with Crippen LogP contribution in [0.15, 0.2) is 152 Å². The number of aromatic nitrogens is 5. The lowest BCUT2D eigenvalue weighted by Gasteiger charge is -2.21. The Hall–Kier alpha value is -6.59. The molecule has 9 aromatic rings. The lowest BCUT2D eigenvalue weighted by Crippen LogP contribution is -2.14. The second-order valence-corrected chi connectivity index (χ2v) is 13.8. The third-order valence-electron chi connectivity index (χ3n) is 10.4. The van der Waals surface area contributed by atoms with E-state index in [1.54, 1.807) is 0 Å². The minimum absolute atomic E-state index is 0.0670. The number of nitrogens with zero attached hydrogens (tertiary/aromatic N) is 5. The Balaban J connectivity index is 0.976. The maximum atomic E-state index is 5.25. The number of pyridine rings is 3. The first-order chi connectivity index (χ1) is 25.0. The zero-order valence-electron chi connectivity index (χ0n) is 28.2. The lowest BCUT2D eigenvalue weighted by atomic mass is 9.82. The first kappa shape index (κ1) is 29.3. The van der Waals surface area contributed by atoms with Crippen molar-refractivity contribution in [3.8, 4) is 56.2 Å². The molecule has 1 aliphatic rings. The summed E-state index contributed by atoms with van der Waals surface area (Å²) in [7, 11) is 0. The topological polar surface area (TPSA) is 64.5 Å². The standard InChI is InChI=1S/C46H31N5/c1-46(2)38-10-4-3-7-35(38)36-21-18-32(25-39(36)46)41-23-20-30-15-14-29-19-22-40(50-43(29)44(30)51-41)28-12-16-31(17-13-28)45-48-26-33(27-49-45)34-8-5-11-42-37(34)9-6-24-47-42/h3-27H,1-2H3. The molecule has 0 fully saturated rings. The summed E-state index contributed by atoms with van der Waals surface area (Å²) in [5.74, 6) is 0.677. The molecule has 4 heterocycles. The van der Waals surface area contributed by atoms with Crippen molar-refractivity contribution in [2.75, 3.05) is 0 Å². The minimum atomic E-state index is -0.0670. The summed E-state index contributed by atoms with van der Waals surface area (Å²) in [6, 6.07) is 46.8. The average Bonchev–Trinajstić information content (AvgIpc) is 3.42. The fourth-order valence-corrected chi connectivity index (χ4v) is 7.71. The van der Waals surface area contributed by atoms with Gasteiger partial charge < -0.3 is 0 Å². The van der Waals surface area contributed by atoms with Crippen LogP contribution in [0.1, 0.15) is 25.0 Å². The van der Waals surface area contributed by atoms with Crippen molar-refractivity contribution in [3.05, 3.63) is 163 Å². The molecule has 10 rings (SSSR count). The fraction of sp³-hybridized carbons (Fsp3) is 0.0652. The van der Waals surface area contributed by atoms with Crippen LogP contribution < -0.4 is 0 Å². The summed E-state index contributed by atoms with van der Waals surface area (Å²) in [5.41, 5.74) is 15.0. The van der Waals surface area contributed by atoms with Crippen molar-refractivity contribution in [2.24, 2.45) is 0 Å². The smallest absolute Gasteiger partial charge is 0.159 e. The summed E-state index contributed by atoms with van der Waals surface area (Å²) in [6.45, 7) is 4.63. The zero-order chi connectivity index (χ0) is 34.1. The molecule has 0 aliphatic heterocycles. The first-order valence-electron chi connectivity index (χ1n) is 17.2. The molecule has 5 aromatic carbocycles. The predicted molar refractivity (Wildman–Crippen MR) is 207 cm³/mol. The molecule has 0 N–H and O–H groups in total. The molecule has 0 bridgehead atoms. The molecule has 5 nitrogen and oxygen atoms in total. The molecular weight excluding hydrogens is 623 g/mol. The molecule has 0 atom stereocenters. The highest BCUT2D eigenvalue weighted by Gasteiger charge is 2.35. The molecule has 0 unspecified atom stereocenters. The van der Waals surface area contributed by atoms with Gasteiger partial charge in [-0.25, -0.2) is 19.9 Å². The van der Waals surface area contributed by atoms with E-state index in [0.717, 1.165) is 71.9 Å². The molecule has 0 saturated heterocycles. The van der Waals surface area contributed by atoms with Gasteiger partial charge in [-0.2, -0.15) is 0 Å². The molecule has 1 aliphatic carbocycles. The molecular formula is C46H31N5. The maximum Gasteiger partial charge on any atom is 0.159 e. The average molecular weight is 654 g/mol. The van der Waals surface area contributed by atoms with Crippen LogP contribution in [-0.4, -0.2) is 24.9 Å². The van der Waals surface area contributed by atoms with Gasteiger partial charge in [0.15, 0.2) is 5.82 Å². The van der Waals surface area contributed by atoms with Crippen LogP contribution in [-0.2, 0) is 5.41 Å². The van der Waals surface area contributed by atoms with Gasteiger partial charge in [-0.1, -0.05) is 117 Å². The van der Waals surface area contributed by atoms with Crippen molar-refractivity contribution >= 4 is 32.7 Å². The maximum absolute atomic E-state index is 5.25. The molecule has 5 heteroatoms. The highest BCUT2D eigenvalue weighted by atomic mass is 14.9. The van der Waals surface area contributed by atoms with E-state index >= 15 is 0 Å². The van der Waals surface area contributed by atoms with Crippen LogP contribution in [0.4, 0.5) is 0 Å². The van der Waals surface area contributed by atoms with E-state index in [4.69, 9.17) is 19.9 Å². The largest absolute Gasteiger partial charge is 0.256 e. The molecule has 240 valence electrons. The third kappa shape index (κ3) is 4.73. The lowest BCUT2D eigenvalue weighted by molar-refractivity contribution is 0.660. The van der Waals surface area contributed by atoms with Crippen LogP contribution in [0, 0.1) is 0 Å². The summed E-state index contributed by atoms with van der Waals surface area (Å²) < 4.78 is 0. The zero-order valence-corrected chi connectivity index (χ0v) is 28.2. The molecule has 0 radical (unpaired) electrons. The van der Waals surface area contributed by atoms with Gasteiger partial charge in [-0.3, -0.25) is 4.98 Å². The Kier molecular flexibility index (Phi) is 6.46. The highest BCUT2D eigenvalue weighted by molar-refractivity contribution is 6.04. The molecule has 0 spiro atoms. The van der Waals surface area contributed by atoms with Crippen LogP contribution >= 0.6 is 0 Å². The molecule has 0 saturated carbocycles. The number of hydrogen-bond donors (Lipinski definition) is 0. The van der Waals surface area contributed by atoms with Crippen LogP contribution in [0.3, 0.4) is 0 Å². The van der Waals surface area contributed by atoms with E-state index < -0.39 is 0 Å². The van der Waals surface area contributed by atoms with E-state index in [9.17, 15) is 0 Å². The molecule has 51 heavy (non-hydrogen) atoms. The Labute approximate surface area is 295 Å². The van der Waals surface area contributed by atoms with Crippen molar-refractivity contribution in [3.63, 3.8) is 0 Å². The van der Waals surface area contributed by atoms with E-state index in [0.29, 0.717) is 5.82 Å². The van der Waals surface area contributed by atoms with Crippen molar-refractivity contribution in [1.29, 1.82) is 0 Å². The van der Waals surface area contributed by atoms with Gasteiger partial charge in [-0.05, 0) is 58.1 Å². The molecule has 0 amide bonds. The summed E-state index contributed by atoms with van der Waals surface area (Å²) in [6.07, 6.45) is 5.59. The third-order valence-corrected chi connectivity index (χ3v) is 10.4. The van der Waals surface area contributed by atoms with E-state index in [1.807, 2.05) is 36.8 Å².